The molecular weight excluding hydrogens is 805 g/mol. The molecule has 0 saturated carbocycles. The first kappa shape index (κ1) is 30.5. The number of halogens is 5. The van der Waals surface area contributed by atoms with Gasteiger partial charge in [-0.25, -0.2) is 5.31 Å². The van der Waals surface area contributed by atoms with E-state index in [-0.39, 0.29) is 7.43 Å². The normalized spacial score (nSPS) is 11.2. The van der Waals surface area contributed by atoms with Gasteiger partial charge in [0.25, 0.3) is 0 Å². The van der Waals surface area contributed by atoms with Crippen LogP contribution in [-0.4, -0.2) is 54.2 Å². The van der Waals surface area contributed by atoms with E-state index in [1.54, 1.807) is 0 Å². The number of ether oxygens (including phenoxy) is 2. The summed E-state index contributed by atoms with van der Waals surface area (Å²) in [6, 6.07) is 0. The number of alkyl halides is 2. The van der Waals surface area contributed by atoms with Gasteiger partial charge in [0.1, 0.15) is 12.7 Å². The Morgan fingerprint density at radius 2 is 1.45 bits per heavy atom. The van der Waals surface area contributed by atoms with Gasteiger partial charge in [0.15, 0.2) is 0 Å². The minimum Gasteiger partial charge on any atom is -0.419 e. The molecule has 0 aliphatic rings. The first-order valence-corrected chi connectivity index (χ1v) is 4.09. The average Bonchev–Trinajstić information content (AvgIpc) is 2.18. The Morgan fingerprint density at radius 3 is 1.80 bits per heavy atom. The van der Waals surface area contributed by atoms with E-state index in [0.717, 1.165) is 0 Å². The topological polar surface area (TPSA) is 79.2 Å². The summed E-state index contributed by atoms with van der Waals surface area (Å²) in [5, 5.41) is 22.3. The van der Waals surface area contributed by atoms with Crippen LogP contribution in [0.5, 0.6) is 0 Å². The number of aliphatic hydroxyl groups is 2. The molecule has 0 bridgehead atoms. The molecule has 0 saturated heterocycles. The zero-order valence-electron chi connectivity index (χ0n) is 10.9. The fourth-order valence-electron chi connectivity index (χ4n) is 0.638. The van der Waals surface area contributed by atoms with Crippen molar-refractivity contribution >= 4 is 0 Å². The van der Waals surface area contributed by atoms with Crippen molar-refractivity contribution in [3.05, 3.63) is 13.9 Å². The summed E-state index contributed by atoms with van der Waals surface area (Å²) in [5.74, 6) is 0. The van der Waals surface area contributed by atoms with E-state index in [9.17, 15) is 17.6 Å². The number of rotatable bonds is 8. The average molecular weight is 820 g/mol. The third-order valence-corrected chi connectivity index (χ3v) is 1.11. The van der Waals surface area contributed by atoms with E-state index in [4.69, 9.17) is 20.1 Å². The fourth-order valence-corrected chi connectivity index (χ4v) is 0.638. The molecule has 0 aromatic carbocycles. The van der Waals surface area contributed by atoms with Gasteiger partial charge in [0.05, 0.1) is 13.2 Å². The van der Waals surface area contributed by atoms with Gasteiger partial charge in [-0.15, -0.1) is 0 Å². The molecule has 3 N–H and O–H groups in total. The largest absolute Gasteiger partial charge is 0.419 e. The molecule has 118 valence electrons. The molecule has 0 aromatic rings. The molecule has 12 heteroatoms. The molecule has 0 rings (SSSR count). The third kappa shape index (κ3) is 29.5. The van der Waals surface area contributed by atoms with Crippen molar-refractivity contribution in [3.63, 3.8) is 0 Å². The second-order valence-electron chi connectivity index (χ2n) is 2.69. The summed E-state index contributed by atoms with van der Waals surface area (Å²) in [4.78, 5) is 0. The number of hydrogen-bond acceptors (Lipinski definition) is 5. The van der Waals surface area contributed by atoms with Crippen LogP contribution in [0.25, 0.3) is 0 Å². The van der Waals surface area contributed by atoms with Crippen LogP contribution in [-0.2, 0) is 9.47 Å². The van der Waals surface area contributed by atoms with Crippen LogP contribution in [0.1, 0.15) is 0 Å². The van der Waals surface area contributed by atoms with E-state index in [1.165, 1.54) is 0 Å². The first-order chi connectivity index (χ1) is 7.81. The van der Waals surface area contributed by atoms with Crippen molar-refractivity contribution in [3.8, 4) is 0 Å². The molecule has 0 aromatic heterocycles. The molecule has 1 unspecified atom stereocenters. The smallest absolute Gasteiger partial charge is 0.376 e. The summed E-state index contributed by atoms with van der Waals surface area (Å²) < 4.78 is 63.3. The molecule has 0 heterocycles. The Labute approximate surface area is 101 Å². The molecular formula is C8H15F5O5Rf2-2. The van der Waals surface area contributed by atoms with E-state index < -0.39 is 45.1 Å². The third-order valence-electron chi connectivity index (χ3n) is 1.11. The Bertz CT molecular complexity index is 176. The van der Waals surface area contributed by atoms with Crippen LogP contribution in [0.3, 0.4) is 0 Å². The summed E-state index contributed by atoms with van der Waals surface area (Å²) in [5.41, 5.74) is 0. The Balaban J connectivity index is -0.000000143. The van der Waals surface area contributed by atoms with Crippen molar-refractivity contribution in [2.24, 2.45) is 0 Å². The molecule has 5 nitrogen and oxygen atoms in total. The number of aliphatic hydroxyl groups excluding tert-OH is 1. The summed E-state index contributed by atoms with van der Waals surface area (Å²) in [6.45, 7) is -3.20. The fraction of sp³-hybridized carbons (Fsp3) is 0.750. The van der Waals surface area contributed by atoms with Gasteiger partial charge in [-0.05, 0) is 6.61 Å². The van der Waals surface area contributed by atoms with Crippen molar-refractivity contribution in [1.29, 1.82) is 0 Å². The maximum absolute atomic E-state index is 11.7. The van der Waals surface area contributed by atoms with Crippen molar-refractivity contribution in [1.82, 2.24) is 0 Å². The van der Waals surface area contributed by atoms with Crippen LogP contribution in [0, 0.1) is 13.9 Å². The zero-order chi connectivity index (χ0) is 13.9. The van der Waals surface area contributed by atoms with Crippen LogP contribution in [0.2, 0.25) is 0 Å². The molecule has 0 aliphatic carbocycles. The Morgan fingerprint density at radius 1 is 1.05 bits per heavy atom. The van der Waals surface area contributed by atoms with Crippen molar-refractivity contribution < 1.29 is 47.1 Å². The standard InChI is InChI=1S/C7H11F4O4.CH3.FHO.2Rf/c8-6(9)3-14-1-5(12)2-15-4-7(10,11)13;;1-2;;/h5,12-13H,1-4H2;1H3;2H;;/q2*-1;;;. The van der Waals surface area contributed by atoms with E-state index in [2.05, 4.69) is 9.47 Å². The Kier molecular flexibility index (Phi) is 25.1. The van der Waals surface area contributed by atoms with Crippen molar-refractivity contribution in [2.75, 3.05) is 26.4 Å². The SMILES string of the molecule is OC(COC[C-](F)F)COCC(O)(F)F.OF.[CH3-].[Rf].[Rf]. The molecule has 0 amide bonds. The maximum Gasteiger partial charge on any atom is 0.376 e. The summed E-state index contributed by atoms with van der Waals surface area (Å²) in [6.07, 6.45) is -7.23. The molecule has 20 heavy (non-hydrogen) atoms. The maximum atomic E-state index is 11.7. The molecule has 0 aliphatic heterocycles. The van der Waals surface area contributed by atoms with Gasteiger partial charge < -0.3 is 35.9 Å². The van der Waals surface area contributed by atoms with Gasteiger partial charge in [-0.2, -0.15) is 8.78 Å². The van der Waals surface area contributed by atoms with Gasteiger partial charge in [-0.1, -0.05) is 4.53 Å². The monoisotopic (exact) mass is 820 g/mol. The molecule has 0 spiro atoms. The van der Waals surface area contributed by atoms with Gasteiger partial charge >= 0.3 is 6.11 Å². The van der Waals surface area contributed by atoms with E-state index in [0.29, 0.717) is 0 Å². The van der Waals surface area contributed by atoms with E-state index >= 15 is 0 Å². The zero-order valence-corrected chi connectivity index (χ0v) is 23.7. The minimum atomic E-state index is -3.97. The summed E-state index contributed by atoms with van der Waals surface area (Å²) in [7, 11) is 0. The Hall–Kier alpha value is -2.55. The van der Waals surface area contributed by atoms with Crippen LogP contribution < -0.4 is 0 Å². The van der Waals surface area contributed by atoms with E-state index in [1.807, 2.05) is 0 Å². The van der Waals surface area contributed by atoms with Crippen LogP contribution >= 0.6 is 0 Å². The van der Waals surface area contributed by atoms with Crippen LogP contribution in [0.4, 0.5) is 22.1 Å². The molecule has 1 atom stereocenters. The quantitative estimate of drug-likeness (QED) is 0.249. The van der Waals surface area contributed by atoms with Crippen LogP contribution in [0.15, 0.2) is 0 Å². The predicted octanol–water partition coefficient (Wildman–Crippen LogP) is 0.708. The van der Waals surface area contributed by atoms with Gasteiger partial charge in [0, 0.05) is 6.43 Å². The first-order valence-electron chi connectivity index (χ1n) is 4.09. The minimum absolute atomic E-state index is 0. The molecule has 0 radical (unpaired) electrons. The second kappa shape index (κ2) is 16.4. The van der Waals surface area contributed by atoms with Gasteiger partial charge in [-0.3, -0.25) is 0 Å². The summed E-state index contributed by atoms with van der Waals surface area (Å²) >= 11 is 0. The van der Waals surface area contributed by atoms with Gasteiger partial charge in [0.2, 0.25) is 0 Å². The second-order valence-corrected chi connectivity index (χ2v) is 2.69. The predicted molar refractivity (Wildman–Crippen MR) is 50.0 cm³/mol. The van der Waals surface area contributed by atoms with Crippen molar-refractivity contribution in [2.45, 2.75) is 12.2 Å². The molecule has 0 fully saturated rings. The number of hydrogen-bond donors (Lipinski definition) is 3.